The molecule has 140 valence electrons. The normalized spacial score (nSPS) is 16.3. The fourth-order valence-electron chi connectivity index (χ4n) is 3.06. The molecule has 0 unspecified atom stereocenters. The van der Waals surface area contributed by atoms with E-state index in [1.807, 2.05) is 6.07 Å². The first kappa shape index (κ1) is 17.4. The molecule has 0 atom stereocenters. The van der Waals surface area contributed by atoms with Crippen molar-refractivity contribution in [3.05, 3.63) is 49.5 Å². The van der Waals surface area contributed by atoms with Crippen LogP contribution in [-0.4, -0.2) is 24.5 Å². The molecule has 0 amide bonds. The van der Waals surface area contributed by atoms with Crippen LogP contribution < -0.4 is 11.2 Å². The van der Waals surface area contributed by atoms with Crippen LogP contribution in [0, 0.1) is 11.3 Å². The molecule has 0 radical (unpaired) electrons. The number of hydrogen-bond donors (Lipinski definition) is 1. The highest BCUT2D eigenvalue weighted by Gasteiger charge is 2.32. The Bertz CT molecular complexity index is 1290. The fourth-order valence-corrected chi connectivity index (χ4v) is 4.11. The Balaban J connectivity index is 1.74. The Morgan fingerprint density at radius 3 is 2.64 bits per heavy atom. The highest BCUT2D eigenvalue weighted by Crippen LogP contribution is 2.41. The predicted octanol–water partition coefficient (Wildman–Crippen LogP) is 2.76. The fraction of sp³-hybridized carbons (Fsp3) is 0.333. The van der Waals surface area contributed by atoms with Crippen molar-refractivity contribution in [3.63, 3.8) is 0 Å². The molecule has 2 fully saturated rings. The number of aromatic amines is 1. The van der Waals surface area contributed by atoms with Crippen LogP contribution in [0.1, 0.15) is 49.2 Å². The summed E-state index contributed by atoms with van der Waals surface area (Å²) >= 11 is 7.13. The number of pyridine rings is 1. The number of H-pyrrole nitrogens is 1. The van der Waals surface area contributed by atoms with Crippen molar-refractivity contribution < 1.29 is 0 Å². The van der Waals surface area contributed by atoms with E-state index in [0.29, 0.717) is 21.5 Å². The minimum atomic E-state index is -0.517. The Kier molecular flexibility index (Phi) is 4.00. The summed E-state index contributed by atoms with van der Waals surface area (Å²) in [6, 6.07) is 5.27. The van der Waals surface area contributed by atoms with Crippen LogP contribution in [0.5, 0.6) is 0 Å². The molecule has 0 spiro atoms. The highest BCUT2D eigenvalue weighted by atomic mass is 35.5. The van der Waals surface area contributed by atoms with Crippen molar-refractivity contribution in [2.75, 3.05) is 0 Å². The molecule has 3 aromatic rings. The second kappa shape index (κ2) is 6.43. The van der Waals surface area contributed by atoms with E-state index in [4.69, 9.17) is 16.9 Å². The molecule has 2 aliphatic carbocycles. The molecule has 8 nitrogen and oxygen atoms in total. The maximum Gasteiger partial charge on any atom is 0.330 e. The van der Waals surface area contributed by atoms with Gasteiger partial charge in [0.15, 0.2) is 11.3 Å². The van der Waals surface area contributed by atoms with Crippen LogP contribution in [0.25, 0.3) is 11.0 Å². The summed E-state index contributed by atoms with van der Waals surface area (Å²) in [4.78, 5) is 40.8. The van der Waals surface area contributed by atoms with E-state index in [9.17, 15) is 9.59 Å². The van der Waals surface area contributed by atoms with Crippen LogP contribution in [0.3, 0.4) is 0 Å². The van der Waals surface area contributed by atoms with Crippen LogP contribution in [0.2, 0.25) is 5.02 Å². The van der Waals surface area contributed by atoms with E-state index in [0.717, 1.165) is 25.7 Å². The van der Waals surface area contributed by atoms with Crippen molar-refractivity contribution in [2.45, 2.75) is 47.7 Å². The summed E-state index contributed by atoms with van der Waals surface area (Å²) in [6.07, 6.45) is 3.75. The van der Waals surface area contributed by atoms with Gasteiger partial charge in [0.05, 0.1) is 5.02 Å². The number of aromatic nitrogens is 5. The predicted molar refractivity (Wildman–Crippen MR) is 103 cm³/mol. The topological polar surface area (TPSA) is 117 Å². The third-order valence-corrected chi connectivity index (χ3v) is 5.98. The molecule has 2 saturated carbocycles. The molecule has 0 aromatic carbocycles. The van der Waals surface area contributed by atoms with Crippen molar-refractivity contribution in [1.82, 2.24) is 24.5 Å². The van der Waals surface area contributed by atoms with Crippen molar-refractivity contribution in [1.29, 1.82) is 5.26 Å². The van der Waals surface area contributed by atoms with Gasteiger partial charge in [0.25, 0.3) is 5.56 Å². The Hall–Kier alpha value is -2.70. The lowest BCUT2D eigenvalue weighted by Gasteiger charge is -2.11. The number of fused-ring (bicyclic) bond motifs is 1. The van der Waals surface area contributed by atoms with E-state index >= 15 is 0 Å². The third kappa shape index (κ3) is 2.99. The Morgan fingerprint density at radius 2 is 1.96 bits per heavy atom. The van der Waals surface area contributed by atoms with Crippen LogP contribution >= 0.6 is 23.4 Å². The Morgan fingerprint density at radius 1 is 1.18 bits per heavy atom. The molecule has 10 heteroatoms. The zero-order chi connectivity index (χ0) is 19.4. The number of halogens is 1. The molecule has 28 heavy (non-hydrogen) atoms. The molecule has 5 rings (SSSR count). The maximum atomic E-state index is 12.6. The van der Waals surface area contributed by atoms with Gasteiger partial charge in [-0.3, -0.25) is 14.3 Å². The summed E-state index contributed by atoms with van der Waals surface area (Å²) in [5.41, 5.74) is -0.467. The van der Waals surface area contributed by atoms with Gasteiger partial charge in [0.2, 0.25) is 0 Å². The number of hydrogen-bond acceptors (Lipinski definition) is 7. The molecule has 0 aliphatic heterocycles. The van der Waals surface area contributed by atoms with E-state index in [2.05, 4.69) is 19.9 Å². The Labute approximate surface area is 167 Å². The van der Waals surface area contributed by atoms with Gasteiger partial charge in [-0.2, -0.15) is 5.26 Å². The van der Waals surface area contributed by atoms with Crippen LogP contribution in [-0.2, 0) is 0 Å². The van der Waals surface area contributed by atoms with Gasteiger partial charge in [0, 0.05) is 12.0 Å². The van der Waals surface area contributed by atoms with Crippen molar-refractivity contribution in [2.24, 2.45) is 0 Å². The highest BCUT2D eigenvalue weighted by molar-refractivity contribution is 7.99. The van der Waals surface area contributed by atoms with Crippen molar-refractivity contribution >= 4 is 34.4 Å². The minimum absolute atomic E-state index is 0.0606. The zero-order valence-corrected chi connectivity index (χ0v) is 16.0. The molecule has 0 bridgehead atoms. The minimum Gasteiger partial charge on any atom is -0.274 e. The first-order chi connectivity index (χ1) is 13.5. The average Bonchev–Trinajstić information content (AvgIpc) is 3.55. The number of rotatable bonds is 4. The molecule has 2 aliphatic rings. The number of nitriles is 1. The molecular weight excluding hydrogens is 400 g/mol. The van der Waals surface area contributed by atoms with Crippen molar-refractivity contribution in [3.8, 4) is 6.07 Å². The van der Waals surface area contributed by atoms with Gasteiger partial charge in [-0.15, -0.1) is 0 Å². The SMILES string of the molecule is N#Cc1nc(Sc2nc(C3CC3)nc3c2c(=O)[nH]c(=O)n3C2CC2)ccc1Cl. The molecule has 1 N–H and O–H groups in total. The zero-order valence-electron chi connectivity index (χ0n) is 14.5. The second-order valence-corrected chi connectivity index (χ2v) is 8.33. The van der Waals surface area contributed by atoms with E-state index < -0.39 is 11.2 Å². The van der Waals surface area contributed by atoms with Gasteiger partial charge < -0.3 is 0 Å². The summed E-state index contributed by atoms with van der Waals surface area (Å²) < 4.78 is 1.57. The summed E-state index contributed by atoms with van der Waals surface area (Å²) in [7, 11) is 0. The first-order valence-electron chi connectivity index (χ1n) is 8.86. The quantitative estimate of drug-likeness (QED) is 0.654. The monoisotopic (exact) mass is 412 g/mol. The molecule has 3 aromatic heterocycles. The molecular formula is C18H13ClN6O2S. The third-order valence-electron chi connectivity index (χ3n) is 4.75. The van der Waals surface area contributed by atoms with Crippen LogP contribution in [0.4, 0.5) is 0 Å². The van der Waals surface area contributed by atoms with Crippen LogP contribution in [0.15, 0.2) is 31.8 Å². The largest absolute Gasteiger partial charge is 0.330 e. The van der Waals surface area contributed by atoms with Gasteiger partial charge in [0.1, 0.15) is 27.3 Å². The maximum absolute atomic E-state index is 12.6. The number of nitrogens with one attached hydrogen (secondary N) is 1. The van der Waals surface area contributed by atoms with E-state index in [-0.39, 0.29) is 28.1 Å². The standard InChI is InChI=1S/C18H13ClN6O2S/c19-10-5-6-12(21-11(10)7-20)28-17-13-15(22-14(23-17)8-1-2-8)25(9-3-4-9)18(27)24-16(13)26/h5-6,8-9H,1-4H2,(H,24,26,27). The molecule has 3 heterocycles. The number of nitrogens with zero attached hydrogens (tertiary/aromatic N) is 5. The molecule has 0 saturated heterocycles. The van der Waals surface area contributed by atoms with E-state index in [1.165, 1.54) is 11.8 Å². The van der Waals surface area contributed by atoms with Gasteiger partial charge in [-0.05, 0) is 49.6 Å². The first-order valence-corrected chi connectivity index (χ1v) is 10.1. The summed E-state index contributed by atoms with van der Waals surface area (Å²) in [6.45, 7) is 0. The summed E-state index contributed by atoms with van der Waals surface area (Å²) in [5.74, 6) is 0.891. The van der Waals surface area contributed by atoms with Gasteiger partial charge in [-0.1, -0.05) is 11.6 Å². The van der Waals surface area contributed by atoms with E-state index in [1.54, 1.807) is 16.7 Å². The lowest BCUT2D eigenvalue weighted by Crippen LogP contribution is -2.31. The van der Waals surface area contributed by atoms with Gasteiger partial charge >= 0.3 is 5.69 Å². The second-order valence-electron chi connectivity index (χ2n) is 6.91. The smallest absolute Gasteiger partial charge is 0.274 e. The lowest BCUT2D eigenvalue weighted by atomic mass is 10.3. The summed E-state index contributed by atoms with van der Waals surface area (Å²) in [5, 5.41) is 10.6. The van der Waals surface area contributed by atoms with Gasteiger partial charge in [-0.25, -0.2) is 19.7 Å². The lowest BCUT2D eigenvalue weighted by molar-refractivity contribution is 0.691. The average molecular weight is 413 g/mol.